The van der Waals surface area contributed by atoms with Crippen LogP contribution < -0.4 is 5.32 Å². The molecule has 0 radical (unpaired) electrons. The minimum absolute atomic E-state index is 0.0657. The fraction of sp³-hybridized carbons (Fsp3) is 0.286. The van der Waals surface area contributed by atoms with Crippen molar-refractivity contribution in [1.82, 2.24) is 9.97 Å². The molecular formula is C14H13ClF3N3. The number of aryl methyl sites for hydroxylation is 1. The van der Waals surface area contributed by atoms with E-state index in [1.54, 1.807) is 0 Å². The summed E-state index contributed by atoms with van der Waals surface area (Å²) in [6.45, 7) is 2.44. The van der Waals surface area contributed by atoms with E-state index in [0.29, 0.717) is 13.0 Å². The molecule has 1 aromatic heterocycles. The third-order valence-electron chi connectivity index (χ3n) is 2.91. The first-order valence-corrected chi connectivity index (χ1v) is 6.64. The first kappa shape index (κ1) is 15.6. The number of rotatable bonds is 4. The average molecular weight is 316 g/mol. The summed E-state index contributed by atoms with van der Waals surface area (Å²) < 4.78 is 37.7. The minimum Gasteiger partial charge on any atom is -0.370 e. The van der Waals surface area contributed by atoms with Crippen molar-refractivity contribution in [3.63, 3.8) is 0 Å². The fourth-order valence-electron chi connectivity index (χ4n) is 1.85. The number of halogens is 4. The highest BCUT2D eigenvalue weighted by Crippen LogP contribution is 2.28. The first-order valence-electron chi connectivity index (χ1n) is 6.26. The SMILES string of the molecule is Cc1ccccc1CCNc1cc(Cl)nc(C(F)(F)F)n1. The van der Waals surface area contributed by atoms with Crippen LogP contribution in [0, 0.1) is 6.92 Å². The van der Waals surface area contributed by atoms with E-state index in [9.17, 15) is 13.2 Å². The number of alkyl halides is 3. The molecule has 0 saturated heterocycles. The lowest BCUT2D eigenvalue weighted by Crippen LogP contribution is -2.14. The highest BCUT2D eigenvalue weighted by Gasteiger charge is 2.35. The predicted octanol–water partition coefficient (Wildman–Crippen LogP) is 4.11. The number of nitrogens with one attached hydrogen (secondary N) is 1. The molecule has 0 amide bonds. The van der Waals surface area contributed by atoms with Crippen molar-refractivity contribution in [2.75, 3.05) is 11.9 Å². The molecule has 21 heavy (non-hydrogen) atoms. The summed E-state index contributed by atoms with van der Waals surface area (Å²) in [7, 11) is 0. The first-order chi connectivity index (χ1) is 9.86. The van der Waals surface area contributed by atoms with Crippen molar-refractivity contribution in [2.45, 2.75) is 19.5 Å². The summed E-state index contributed by atoms with van der Waals surface area (Å²) in [5.74, 6) is -1.18. The van der Waals surface area contributed by atoms with Gasteiger partial charge in [0, 0.05) is 12.6 Å². The molecule has 2 rings (SSSR count). The smallest absolute Gasteiger partial charge is 0.370 e. The summed E-state index contributed by atoms with van der Waals surface area (Å²) in [5, 5.41) is 2.60. The van der Waals surface area contributed by atoms with Gasteiger partial charge in [-0.15, -0.1) is 0 Å². The van der Waals surface area contributed by atoms with Gasteiger partial charge in [-0.05, 0) is 24.5 Å². The number of anilines is 1. The third kappa shape index (κ3) is 4.32. The van der Waals surface area contributed by atoms with Crippen LogP contribution in [-0.4, -0.2) is 16.5 Å². The van der Waals surface area contributed by atoms with Crippen LogP contribution >= 0.6 is 11.6 Å². The zero-order valence-corrected chi connectivity index (χ0v) is 12.0. The Labute approximate surface area is 125 Å². The van der Waals surface area contributed by atoms with Gasteiger partial charge in [0.1, 0.15) is 11.0 Å². The molecule has 7 heteroatoms. The Bertz CT molecular complexity index is 629. The molecule has 2 aromatic rings. The molecular weight excluding hydrogens is 303 g/mol. The van der Waals surface area contributed by atoms with E-state index in [1.165, 1.54) is 6.07 Å². The van der Waals surface area contributed by atoms with Gasteiger partial charge in [0.15, 0.2) is 0 Å². The number of nitrogens with zero attached hydrogens (tertiary/aromatic N) is 2. The molecule has 0 aliphatic heterocycles. The van der Waals surface area contributed by atoms with Gasteiger partial charge in [-0.3, -0.25) is 0 Å². The van der Waals surface area contributed by atoms with Crippen LogP contribution in [0.4, 0.5) is 19.0 Å². The van der Waals surface area contributed by atoms with Crippen LogP contribution in [0.25, 0.3) is 0 Å². The second-order valence-electron chi connectivity index (χ2n) is 4.50. The fourth-order valence-corrected chi connectivity index (χ4v) is 2.03. The largest absolute Gasteiger partial charge is 0.451 e. The molecule has 112 valence electrons. The van der Waals surface area contributed by atoms with Gasteiger partial charge in [0.05, 0.1) is 0 Å². The standard InChI is InChI=1S/C14H13ClF3N3/c1-9-4-2-3-5-10(9)6-7-19-12-8-11(15)20-13(21-12)14(16,17)18/h2-5,8H,6-7H2,1H3,(H,19,20,21). The predicted molar refractivity (Wildman–Crippen MR) is 75.4 cm³/mol. The molecule has 3 nitrogen and oxygen atoms in total. The van der Waals surface area contributed by atoms with Crippen molar-refractivity contribution >= 4 is 17.4 Å². The zero-order chi connectivity index (χ0) is 15.5. The lowest BCUT2D eigenvalue weighted by molar-refractivity contribution is -0.144. The Morgan fingerprint density at radius 2 is 1.90 bits per heavy atom. The van der Waals surface area contributed by atoms with Crippen LogP contribution in [-0.2, 0) is 12.6 Å². The Hall–Kier alpha value is -1.82. The van der Waals surface area contributed by atoms with E-state index in [1.807, 2.05) is 31.2 Å². The van der Waals surface area contributed by atoms with E-state index in [-0.39, 0.29) is 11.0 Å². The number of aromatic nitrogens is 2. The summed E-state index contributed by atoms with van der Waals surface area (Å²) in [6, 6.07) is 9.09. The second-order valence-corrected chi connectivity index (χ2v) is 4.89. The maximum absolute atomic E-state index is 12.6. The Balaban J connectivity index is 2.04. The van der Waals surface area contributed by atoms with Crippen LogP contribution in [0.2, 0.25) is 5.15 Å². The summed E-state index contributed by atoms with van der Waals surface area (Å²) >= 11 is 5.59. The molecule has 0 aliphatic carbocycles. The van der Waals surface area contributed by atoms with Gasteiger partial charge < -0.3 is 5.32 Å². The van der Waals surface area contributed by atoms with E-state index in [2.05, 4.69) is 15.3 Å². The molecule has 1 heterocycles. The lowest BCUT2D eigenvalue weighted by atomic mass is 10.1. The molecule has 1 aromatic carbocycles. The number of hydrogen-bond donors (Lipinski definition) is 1. The molecule has 0 fully saturated rings. The van der Waals surface area contributed by atoms with Crippen LogP contribution in [0.15, 0.2) is 30.3 Å². The van der Waals surface area contributed by atoms with Gasteiger partial charge in [-0.1, -0.05) is 35.9 Å². The van der Waals surface area contributed by atoms with Gasteiger partial charge in [0.25, 0.3) is 0 Å². The summed E-state index contributed by atoms with van der Waals surface area (Å²) in [5.41, 5.74) is 2.26. The van der Waals surface area contributed by atoms with Crippen molar-refractivity contribution in [3.05, 3.63) is 52.4 Å². The molecule has 0 spiro atoms. The third-order valence-corrected chi connectivity index (χ3v) is 3.10. The second kappa shape index (κ2) is 6.30. The highest BCUT2D eigenvalue weighted by molar-refractivity contribution is 6.29. The Morgan fingerprint density at radius 3 is 2.57 bits per heavy atom. The van der Waals surface area contributed by atoms with Crippen molar-refractivity contribution in [2.24, 2.45) is 0 Å². The van der Waals surface area contributed by atoms with E-state index < -0.39 is 12.0 Å². The highest BCUT2D eigenvalue weighted by atomic mass is 35.5. The molecule has 0 aliphatic rings. The molecule has 1 N–H and O–H groups in total. The monoisotopic (exact) mass is 315 g/mol. The maximum Gasteiger partial charge on any atom is 0.451 e. The van der Waals surface area contributed by atoms with Crippen LogP contribution in [0.1, 0.15) is 17.0 Å². The van der Waals surface area contributed by atoms with Gasteiger partial charge in [0.2, 0.25) is 5.82 Å². The van der Waals surface area contributed by atoms with E-state index >= 15 is 0 Å². The van der Waals surface area contributed by atoms with E-state index in [4.69, 9.17) is 11.6 Å². The van der Waals surface area contributed by atoms with Crippen LogP contribution in [0.5, 0.6) is 0 Å². The zero-order valence-electron chi connectivity index (χ0n) is 11.2. The quantitative estimate of drug-likeness (QED) is 0.863. The van der Waals surface area contributed by atoms with Gasteiger partial charge in [-0.2, -0.15) is 13.2 Å². The molecule has 0 saturated carbocycles. The summed E-state index contributed by atoms with van der Waals surface area (Å²) in [4.78, 5) is 6.60. The normalized spacial score (nSPS) is 11.5. The van der Waals surface area contributed by atoms with E-state index in [0.717, 1.165) is 11.1 Å². The Morgan fingerprint density at radius 1 is 1.19 bits per heavy atom. The molecule has 0 bridgehead atoms. The van der Waals surface area contributed by atoms with Crippen molar-refractivity contribution in [1.29, 1.82) is 0 Å². The van der Waals surface area contributed by atoms with Crippen LogP contribution in [0.3, 0.4) is 0 Å². The molecule has 0 atom stereocenters. The van der Waals surface area contributed by atoms with Crippen molar-refractivity contribution < 1.29 is 13.2 Å². The van der Waals surface area contributed by atoms with Gasteiger partial charge in [-0.25, -0.2) is 9.97 Å². The number of hydrogen-bond acceptors (Lipinski definition) is 3. The Kier molecular flexibility index (Phi) is 4.67. The average Bonchev–Trinajstić information content (AvgIpc) is 2.39. The number of benzene rings is 1. The topological polar surface area (TPSA) is 37.8 Å². The molecule has 0 unspecified atom stereocenters. The maximum atomic E-state index is 12.6. The minimum atomic E-state index is -4.61. The van der Waals surface area contributed by atoms with Gasteiger partial charge >= 0.3 is 6.18 Å². The summed E-state index contributed by atoms with van der Waals surface area (Å²) in [6.07, 6.45) is -3.94. The van der Waals surface area contributed by atoms with Crippen molar-refractivity contribution in [3.8, 4) is 0 Å². The lowest BCUT2D eigenvalue weighted by Gasteiger charge is -2.10.